The first-order valence-corrected chi connectivity index (χ1v) is 7.00. The Morgan fingerprint density at radius 3 is 3.11 bits per heavy atom. The topological polar surface area (TPSA) is 94.0 Å². The van der Waals surface area contributed by atoms with Crippen LogP contribution in [-0.4, -0.2) is 21.9 Å². The fourth-order valence-corrected chi connectivity index (χ4v) is 2.75. The highest BCUT2D eigenvalue weighted by Gasteiger charge is 2.12. The van der Waals surface area contributed by atoms with Gasteiger partial charge in [0.05, 0.1) is 18.1 Å². The Labute approximate surface area is 112 Å². The maximum absolute atomic E-state index is 11.7. The van der Waals surface area contributed by atoms with E-state index in [1.54, 1.807) is 12.3 Å². The molecule has 0 aliphatic heterocycles. The number of nitrogen functional groups attached to an aromatic ring is 1. The summed E-state index contributed by atoms with van der Waals surface area (Å²) in [5.74, 6) is 0.922. The minimum Gasteiger partial charge on any atom is -0.467 e. The molecule has 6 nitrogen and oxygen atoms in total. The maximum Gasteiger partial charge on any atom is 0.231 e. The van der Waals surface area contributed by atoms with Gasteiger partial charge in [0, 0.05) is 0 Å². The predicted molar refractivity (Wildman–Crippen MR) is 70.3 cm³/mol. The van der Waals surface area contributed by atoms with Gasteiger partial charge in [-0.25, -0.2) is 0 Å². The lowest BCUT2D eigenvalue weighted by molar-refractivity contribution is -0.119. The number of hydrogen-bond donors (Lipinski definition) is 2. The number of aromatic nitrogens is 2. The molecule has 2 rings (SSSR count). The fraction of sp³-hybridized carbons (Fsp3) is 0.300. The quantitative estimate of drug-likeness (QED) is 0.811. The highest BCUT2D eigenvalue weighted by Crippen LogP contribution is 2.23. The minimum atomic E-state index is -0.146. The van der Waals surface area contributed by atoms with Gasteiger partial charge in [-0.3, -0.25) is 4.79 Å². The van der Waals surface area contributed by atoms with Gasteiger partial charge < -0.3 is 15.5 Å². The molecule has 1 atom stereocenters. The first kappa shape index (κ1) is 12.9. The highest BCUT2D eigenvalue weighted by molar-refractivity contribution is 8.01. The van der Waals surface area contributed by atoms with Crippen LogP contribution in [0, 0.1) is 0 Å². The number of carbonyl (C=O) groups is 1. The molecule has 2 aromatic rings. The number of rotatable bonds is 5. The van der Waals surface area contributed by atoms with E-state index in [-0.39, 0.29) is 17.7 Å². The number of carbonyl (C=O) groups excluding carboxylic acids is 1. The SMILES string of the molecule is CC(NC(=O)CSc1nnc(N)s1)c1ccco1. The van der Waals surface area contributed by atoms with Gasteiger partial charge in [0.2, 0.25) is 11.0 Å². The number of anilines is 1. The van der Waals surface area contributed by atoms with Gasteiger partial charge in [-0.1, -0.05) is 23.1 Å². The molecule has 0 bridgehead atoms. The molecule has 3 N–H and O–H groups in total. The zero-order valence-corrected chi connectivity index (χ0v) is 11.3. The average Bonchev–Trinajstić information content (AvgIpc) is 2.97. The normalized spacial score (nSPS) is 12.3. The van der Waals surface area contributed by atoms with Crippen LogP contribution in [0.3, 0.4) is 0 Å². The largest absolute Gasteiger partial charge is 0.467 e. The van der Waals surface area contributed by atoms with Crippen molar-refractivity contribution < 1.29 is 9.21 Å². The van der Waals surface area contributed by atoms with Gasteiger partial charge >= 0.3 is 0 Å². The summed E-state index contributed by atoms with van der Waals surface area (Å²) in [5, 5.41) is 10.7. The predicted octanol–water partition coefficient (Wildman–Crippen LogP) is 1.68. The lowest BCUT2D eigenvalue weighted by Crippen LogP contribution is -2.27. The molecule has 0 radical (unpaired) electrons. The summed E-state index contributed by atoms with van der Waals surface area (Å²) < 4.78 is 5.89. The second kappa shape index (κ2) is 5.87. The lowest BCUT2D eigenvalue weighted by atomic mass is 10.2. The summed E-state index contributed by atoms with van der Waals surface area (Å²) in [6.07, 6.45) is 1.58. The number of thioether (sulfide) groups is 1. The molecule has 8 heteroatoms. The first-order valence-electron chi connectivity index (χ1n) is 5.19. The van der Waals surface area contributed by atoms with Crippen molar-refractivity contribution in [2.75, 3.05) is 11.5 Å². The van der Waals surface area contributed by atoms with E-state index >= 15 is 0 Å². The van der Waals surface area contributed by atoms with Crippen LogP contribution in [0.1, 0.15) is 18.7 Å². The number of nitrogens with one attached hydrogen (secondary N) is 1. The Bertz CT molecular complexity index is 512. The van der Waals surface area contributed by atoms with Crippen molar-refractivity contribution in [1.29, 1.82) is 0 Å². The summed E-state index contributed by atoms with van der Waals surface area (Å²) in [4.78, 5) is 11.7. The number of furan rings is 1. The second-order valence-corrected chi connectivity index (χ2v) is 5.73. The number of hydrogen-bond acceptors (Lipinski definition) is 7. The summed E-state index contributed by atoms with van der Waals surface area (Å²) in [7, 11) is 0. The van der Waals surface area contributed by atoms with Crippen molar-refractivity contribution in [2.45, 2.75) is 17.3 Å². The monoisotopic (exact) mass is 284 g/mol. The molecule has 1 unspecified atom stereocenters. The Morgan fingerprint density at radius 1 is 1.67 bits per heavy atom. The van der Waals surface area contributed by atoms with Crippen molar-refractivity contribution >= 4 is 34.1 Å². The third kappa shape index (κ3) is 3.47. The van der Waals surface area contributed by atoms with E-state index < -0.39 is 0 Å². The molecule has 0 aromatic carbocycles. The van der Waals surface area contributed by atoms with Crippen LogP contribution < -0.4 is 11.1 Å². The third-order valence-electron chi connectivity index (χ3n) is 2.10. The molecule has 2 aromatic heterocycles. The molecule has 0 spiro atoms. The van der Waals surface area contributed by atoms with E-state index in [1.165, 1.54) is 23.1 Å². The van der Waals surface area contributed by atoms with Gasteiger partial charge in [0.25, 0.3) is 0 Å². The fourth-order valence-electron chi connectivity index (χ4n) is 1.30. The number of nitrogens with zero attached hydrogens (tertiary/aromatic N) is 2. The van der Waals surface area contributed by atoms with Crippen molar-refractivity contribution in [2.24, 2.45) is 0 Å². The number of nitrogens with two attached hydrogens (primary N) is 1. The zero-order valence-electron chi connectivity index (χ0n) is 9.62. The second-order valence-electron chi connectivity index (χ2n) is 3.50. The van der Waals surface area contributed by atoms with Crippen LogP contribution in [0.15, 0.2) is 27.2 Å². The molecule has 0 aliphatic carbocycles. The Balaban J connectivity index is 1.78. The van der Waals surface area contributed by atoms with Gasteiger partial charge in [-0.05, 0) is 19.1 Å². The van der Waals surface area contributed by atoms with Crippen LogP contribution in [-0.2, 0) is 4.79 Å². The molecule has 0 aliphatic rings. The van der Waals surface area contributed by atoms with E-state index in [4.69, 9.17) is 10.2 Å². The minimum absolute atomic E-state index is 0.0855. The van der Waals surface area contributed by atoms with Crippen molar-refractivity contribution in [3.8, 4) is 0 Å². The van der Waals surface area contributed by atoms with Crippen LogP contribution in [0.2, 0.25) is 0 Å². The molecular weight excluding hydrogens is 272 g/mol. The molecule has 0 fully saturated rings. The smallest absolute Gasteiger partial charge is 0.231 e. The van der Waals surface area contributed by atoms with Gasteiger partial charge in [-0.15, -0.1) is 10.2 Å². The summed E-state index contributed by atoms with van der Waals surface area (Å²) >= 11 is 2.58. The maximum atomic E-state index is 11.7. The summed E-state index contributed by atoms with van der Waals surface area (Å²) in [6, 6.07) is 3.47. The van der Waals surface area contributed by atoms with Crippen LogP contribution in [0.25, 0.3) is 0 Å². The standard InChI is InChI=1S/C10H12N4O2S2/c1-6(7-3-2-4-16-7)12-8(15)5-17-10-14-13-9(11)18-10/h2-4,6H,5H2,1H3,(H2,11,13)(H,12,15). The van der Waals surface area contributed by atoms with Crippen molar-refractivity contribution in [1.82, 2.24) is 15.5 Å². The highest BCUT2D eigenvalue weighted by atomic mass is 32.2. The summed E-state index contributed by atoms with van der Waals surface area (Å²) in [6.45, 7) is 1.87. The first-order chi connectivity index (χ1) is 8.65. The zero-order chi connectivity index (χ0) is 13.0. The van der Waals surface area contributed by atoms with E-state index in [0.717, 1.165) is 5.76 Å². The van der Waals surface area contributed by atoms with E-state index in [9.17, 15) is 4.79 Å². The summed E-state index contributed by atoms with van der Waals surface area (Å²) in [5.41, 5.74) is 5.45. The Kier molecular flexibility index (Phi) is 4.21. The van der Waals surface area contributed by atoms with Gasteiger partial charge in [0.1, 0.15) is 5.76 Å². The van der Waals surface area contributed by atoms with E-state index in [1.807, 2.05) is 13.0 Å². The molecular formula is C10H12N4O2S2. The molecule has 0 saturated carbocycles. The van der Waals surface area contributed by atoms with Crippen LogP contribution in [0.5, 0.6) is 0 Å². The van der Waals surface area contributed by atoms with Gasteiger partial charge in [-0.2, -0.15) is 0 Å². The molecule has 18 heavy (non-hydrogen) atoms. The van der Waals surface area contributed by atoms with Crippen LogP contribution in [0.4, 0.5) is 5.13 Å². The molecule has 96 valence electrons. The Morgan fingerprint density at radius 2 is 2.50 bits per heavy atom. The lowest BCUT2D eigenvalue weighted by Gasteiger charge is -2.10. The van der Waals surface area contributed by atoms with Crippen molar-refractivity contribution in [3.63, 3.8) is 0 Å². The van der Waals surface area contributed by atoms with E-state index in [2.05, 4.69) is 15.5 Å². The molecule has 1 amide bonds. The van der Waals surface area contributed by atoms with Gasteiger partial charge in [0.15, 0.2) is 4.34 Å². The number of amides is 1. The van der Waals surface area contributed by atoms with Crippen LogP contribution >= 0.6 is 23.1 Å². The van der Waals surface area contributed by atoms with Crippen molar-refractivity contribution in [3.05, 3.63) is 24.2 Å². The molecule has 0 saturated heterocycles. The average molecular weight is 284 g/mol. The Hall–Kier alpha value is -1.54. The third-order valence-corrected chi connectivity index (χ3v) is 3.98. The molecule has 2 heterocycles. The van der Waals surface area contributed by atoms with E-state index in [0.29, 0.717) is 9.47 Å².